The fraction of sp³-hybridized carbons (Fsp3) is 0.0909. The van der Waals surface area contributed by atoms with E-state index in [0.717, 1.165) is 10.5 Å². The van der Waals surface area contributed by atoms with Gasteiger partial charge in [-0.05, 0) is 24.3 Å². The Kier molecular flexibility index (Phi) is 5.48. The molecule has 3 aromatic rings. The maximum atomic E-state index is 11.9. The lowest BCUT2D eigenvalue weighted by Gasteiger charge is -2.14. The molecule has 11 heteroatoms. The summed E-state index contributed by atoms with van der Waals surface area (Å²) in [5.41, 5.74) is 3.64. The van der Waals surface area contributed by atoms with Crippen LogP contribution in [-0.2, 0) is 19.2 Å². The van der Waals surface area contributed by atoms with E-state index < -0.39 is 0 Å². The van der Waals surface area contributed by atoms with Crippen LogP contribution in [0.15, 0.2) is 65.1 Å². The van der Waals surface area contributed by atoms with Crippen LogP contribution in [0.3, 0.4) is 0 Å². The number of carbonyl (C=O) groups is 4. The second-order valence-electron chi connectivity index (χ2n) is 7.02. The summed E-state index contributed by atoms with van der Waals surface area (Å²) < 4.78 is 1.70. The molecule has 1 aliphatic carbocycles. The number of amides is 2. The van der Waals surface area contributed by atoms with E-state index in [4.69, 9.17) is 0 Å². The maximum Gasteiger partial charge on any atom is 0.258 e. The van der Waals surface area contributed by atoms with Crippen molar-refractivity contribution in [2.24, 2.45) is 0 Å². The third-order valence-electron chi connectivity index (χ3n) is 4.92. The van der Waals surface area contributed by atoms with E-state index in [0.29, 0.717) is 39.4 Å². The van der Waals surface area contributed by atoms with Crippen molar-refractivity contribution in [3.05, 3.63) is 65.1 Å². The zero-order valence-corrected chi connectivity index (χ0v) is 18.6. The Balaban J connectivity index is 1.33. The number of benzene rings is 1. The van der Waals surface area contributed by atoms with E-state index in [9.17, 15) is 19.2 Å². The Morgan fingerprint density at radius 2 is 1.73 bits per heavy atom. The molecule has 0 radical (unpaired) electrons. The number of nitrogens with one attached hydrogen (secondary N) is 1. The van der Waals surface area contributed by atoms with Gasteiger partial charge in [0.2, 0.25) is 4.96 Å². The Morgan fingerprint density at radius 3 is 2.48 bits per heavy atom. The molecule has 33 heavy (non-hydrogen) atoms. The Morgan fingerprint density at radius 1 is 0.970 bits per heavy atom. The average molecular weight is 478 g/mol. The van der Waals surface area contributed by atoms with Gasteiger partial charge in [0.05, 0.1) is 10.6 Å². The van der Waals surface area contributed by atoms with E-state index in [1.54, 1.807) is 34.3 Å². The molecule has 2 aliphatic rings. The molecule has 9 nitrogen and oxygen atoms in total. The molecule has 0 unspecified atom stereocenters. The van der Waals surface area contributed by atoms with Gasteiger partial charge in [0.1, 0.15) is 11.2 Å². The molecule has 2 aromatic heterocycles. The summed E-state index contributed by atoms with van der Waals surface area (Å²) in [5.74, 6) is 0.141. The van der Waals surface area contributed by atoms with Crippen molar-refractivity contribution in [3.8, 4) is 11.3 Å². The number of aromatic nitrogens is 3. The van der Waals surface area contributed by atoms with E-state index in [1.807, 2.05) is 0 Å². The van der Waals surface area contributed by atoms with Crippen molar-refractivity contribution in [2.45, 2.75) is 0 Å². The number of hydrogen-bond donors (Lipinski definition) is 1. The fourth-order valence-electron chi connectivity index (χ4n) is 3.41. The highest BCUT2D eigenvalue weighted by Crippen LogP contribution is 2.32. The van der Waals surface area contributed by atoms with Crippen molar-refractivity contribution >= 4 is 62.9 Å². The standard InChI is InChI=1S/C22H15N5O4S2/c28-15-5-6-16(29)17(11-15)32-10-9-23-21-20(25-22-27(21)24-12-33-22)13-1-3-14(4-2-13)26-18(30)7-8-19(26)31/h1-8,11-12,23H,9-10H2. The van der Waals surface area contributed by atoms with Crippen LogP contribution in [0.1, 0.15) is 0 Å². The van der Waals surface area contributed by atoms with Crippen LogP contribution in [0.2, 0.25) is 0 Å². The minimum Gasteiger partial charge on any atom is -0.367 e. The van der Waals surface area contributed by atoms with Gasteiger partial charge in [-0.2, -0.15) is 9.61 Å². The predicted molar refractivity (Wildman–Crippen MR) is 126 cm³/mol. The SMILES string of the molecule is O=C1C=CC(=O)C(SCCNc2c(-c3ccc(N4C(=O)C=CC4=O)cc3)nc3scnn23)=C1. The number of fused-ring (bicyclic) bond motifs is 1. The Bertz CT molecular complexity index is 1380. The molecule has 1 N–H and O–H groups in total. The molecule has 1 aromatic carbocycles. The number of imidazole rings is 1. The van der Waals surface area contributed by atoms with Crippen LogP contribution in [0, 0.1) is 0 Å². The number of ketones is 2. The van der Waals surface area contributed by atoms with Crippen molar-refractivity contribution in [3.63, 3.8) is 0 Å². The molecule has 0 atom stereocenters. The summed E-state index contributed by atoms with van der Waals surface area (Å²) in [6.07, 6.45) is 6.39. The molecule has 2 amide bonds. The first-order valence-corrected chi connectivity index (χ1v) is 11.7. The summed E-state index contributed by atoms with van der Waals surface area (Å²) in [5, 5.41) is 7.66. The number of thioether (sulfide) groups is 1. The fourth-order valence-corrected chi connectivity index (χ4v) is 4.86. The molecule has 3 heterocycles. The number of anilines is 2. The van der Waals surface area contributed by atoms with Gasteiger partial charge in [-0.3, -0.25) is 19.2 Å². The van der Waals surface area contributed by atoms with Crippen LogP contribution in [0.25, 0.3) is 16.2 Å². The molecule has 0 bridgehead atoms. The summed E-state index contributed by atoms with van der Waals surface area (Å²) in [6.45, 7) is 0.506. The molecular weight excluding hydrogens is 462 g/mol. The van der Waals surface area contributed by atoms with Crippen LogP contribution < -0.4 is 10.2 Å². The van der Waals surface area contributed by atoms with Crippen LogP contribution in [-0.4, -0.2) is 50.3 Å². The van der Waals surface area contributed by atoms with Crippen LogP contribution in [0.4, 0.5) is 11.5 Å². The highest BCUT2D eigenvalue weighted by Gasteiger charge is 2.25. The monoisotopic (exact) mass is 477 g/mol. The first-order chi connectivity index (χ1) is 16.0. The van der Waals surface area contributed by atoms with Crippen molar-refractivity contribution in [2.75, 3.05) is 22.5 Å². The number of carbonyl (C=O) groups excluding carboxylic acids is 4. The molecule has 0 spiro atoms. The minimum absolute atomic E-state index is 0.170. The quantitative estimate of drug-likeness (QED) is 0.314. The Hall–Kier alpha value is -3.83. The normalized spacial score (nSPS) is 15.8. The third-order valence-corrected chi connectivity index (χ3v) is 6.63. The topological polar surface area (TPSA) is 114 Å². The molecule has 0 saturated carbocycles. The summed E-state index contributed by atoms with van der Waals surface area (Å²) >= 11 is 2.71. The van der Waals surface area contributed by atoms with Gasteiger partial charge >= 0.3 is 0 Å². The smallest absolute Gasteiger partial charge is 0.258 e. The number of nitrogens with zero attached hydrogens (tertiary/aromatic N) is 4. The molecule has 5 rings (SSSR count). The minimum atomic E-state index is -0.372. The van der Waals surface area contributed by atoms with Crippen molar-refractivity contribution in [1.82, 2.24) is 14.6 Å². The predicted octanol–water partition coefficient (Wildman–Crippen LogP) is 2.62. The third kappa shape index (κ3) is 4.03. The van der Waals surface area contributed by atoms with E-state index in [1.165, 1.54) is 53.5 Å². The van der Waals surface area contributed by atoms with Gasteiger partial charge in [-0.1, -0.05) is 23.5 Å². The van der Waals surface area contributed by atoms with Gasteiger partial charge < -0.3 is 5.32 Å². The zero-order valence-electron chi connectivity index (χ0n) is 16.9. The number of imide groups is 1. The summed E-state index contributed by atoms with van der Waals surface area (Å²) in [7, 11) is 0. The largest absolute Gasteiger partial charge is 0.367 e. The zero-order chi connectivity index (χ0) is 22.9. The lowest BCUT2D eigenvalue weighted by molar-refractivity contribution is -0.120. The number of allylic oxidation sites excluding steroid dienone is 4. The molecule has 1 aliphatic heterocycles. The van der Waals surface area contributed by atoms with Gasteiger partial charge in [0.25, 0.3) is 11.8 Å². The lowest BCUT2D eigenvalue weighted by Crippen LogP contribution is -2.29. The van der Waals surface area contributed by atoms with E-state index in [2.05, 4.69) is 15.4 Å². The molecule has 164 valence electrons. The molecule has 0 fully saturated rings. The van der Waals surface area contributed by atoms with Crippen LogP contribution in [0.5, 0.6) is 0 Å². The molecule has 0 saturated heterocycles. The highest BCUT2D eigenvalue weighted by molar-refractivity contribution is 8.04. The van der Waals surface area contributed by atoms with Gasteiger partial charge in [-0.15, -0.1) is 11.8 Å². The maximum absolute atomic E-state index is 11.9. The average Bonchev–Trinajstić information content (AvgIpc) is 3.49. The van der Waals surface area contributed by atoms with Crippen molar-refractivity contribution in [1.29, 1.82) is 0 Å². The highest BCUT2D eigenvalue weighted by atomic mass is 32.2. The second kappa shape index (κ2) is 8.60. The molecular formula is C22H15N5O4S2. The Labute approximate surface area is 195 Å². The first-order valence-electron chi connectivity index (χ1n) is 9.85. The van der Waals surface area contributed by atoms with Crippen molar-refractivity contribution < 1.29 is 19.2 Å². The van der Waals surface area contributed by atoms with Crippen LogP contribution >= 0.6 is 23.1 Å². The van der Waals surface area contributed by atoms with E-state index in [-0.39, 0.29) is 23.4 Å². The summed E-state index contributed by atoms with van der Waals surface area (Å²) in [6, 6.07) is 6.99. The summed E-state index contributed by atoms with van der Waals surface area (Å²) in [4.78, 5) is 54.1. The van der Waals surface area contributed by atoms with Gasteiger partial charge in [0, 0.05) is 36.1 Å². The van der Waals surface area contributed by atoms with E-state index >= 15 is 0 Å². The second-order valence-corrected chi connectivity index (χ2v) is 8.97. The first kappa shape index (κ1) is 21.0. The lowest BCUT2D eigenvalue weighted by atomic mass is 10.1. The van der Waals surface area contributed by atoms with Gasteiger partial charge in [0.15, 0.2) is 17.4 Å². The number of hydrogen-bond acceptors (Lipinski definition) is 9. The van der Waals surface area contributed by atoms with Gasteiger partial charge in [-0.25, -0.2) is 9.88 Å². The number of rotatable bonds is 7.